The summed E-state index contributed by atoms with van der Waals surface area (Å²) in [7, 11) is 1.59. The van der Waals surface area contributed by atoms with Gasteiger partial charge in [0, 0.05) is 23.1 Å². The molecule has 6 heteroatoms. The normalized spacial score (nSPS) is 12.9. The number of benzene rings is 1. The van der Waals surface area contributed by atoms with Gasteiger partial charge in [-0.25, -0.2) is 8.42 Å². The van der Waals surface area contributed by atoms with Gasteiger partial charge in [-0.15, -0.1) is 0 Å². The zero-order valence-electron chi connectivity index (χ0n) is 11.7. The molecule has 1 atom stereocenters. The van der Waals surface area contributed by atoms with E-state index < -0.39 is 9.05 Å². The Bertz CT molecular complexity index is 540. The number of halogens is 1. The van der Waals surface area contributed by atoms with Gasteiger partial charge in [0.1, 0.15) is 0 Å². The maximum atomic E-state index is 11.4. The number of carbonyl (C=O) groups excluding carboxylic acids is 1. The smallest absolute Gasteiger partial charge is 0.261 e. The predicted molar refractivity (Wildman–Crippen MR) is 80.3 cm³/mol. The number of rotatable bonds is 7. The highest BCUT2D eigenvalue weighted by Crippen LogP contribution is 2.16. The van der Waals surface area contributed by atoms with Gasteiger partial charge in [-0.2, -0.15) is 0 Å². The summed E-state index contributed by atoms with van der Waals surface area (Å²) in [6.07, 6.45) is 2.97. The highest BCUT2D eigenvalue weighted by atomic mass is 35.7. The second kappa shape index (κ2) is 7.64. The molecule has 0 fully saturated rings. The standard InChI is InChI=1S/C14H20ClNO3S/c1-3-4-14(17)16-11(2)5-6-12-7-9-13(10-8-12)20(15,18)19/h7-11H,3-6H2,1-2H3,(H,16,17). The molecule has 1 aromatic rings. The van der Waals surface area contributed by atoms with E-state index in [1.807, 2.05) is 13.8 Å². The lowest BCUT2D eigenvalue weighted by molar-refractivity contribution is -0.121. The van der Waals surface area contributed by atoms with Gasteiger partial charge < -0.3 is 5.32 Å². The van der Waals surface area contributed by atoms with Crippen molar-refractivity contribution in [2.45, 2.75) is 50.5 Å². The van der Waals surface area contributed by atoms with Gasteiger partial charge in [0.25, 0.3) is 9.05 Å². The molecule has 0 radical (unpaired) electrons. The Hall–Kier alpha value is -1.07. The zero-order valence-corrected chi connectivity index (χ0v) is 13.3. The van der Waals surface area contributed by atoms with Crippen molar-refractivity contribution >= 4 is 25.6 Å². The Morgan fingerprint density at radius 1 is 1.30 bits per heavy atom. The molecule has 0 aromatic heterocycles. The lowest BCUT2D eigenvalue weighted by Gasteiger charge is -2.13. The first-order valence-electron chi connectivity index (χ1n) is 6.66. The highest BCUT2D eigenvalue weighted by Gasteiger charge is 2.10. The minimum Gasteiger partial charge on any atom is -0.354 e. The van der Waals surface area contributed by atoms with E-state index in [1.165, 1.54) is 12.1 Å². The number of hydrogen-bond donors (Lipinski definition) is 1. The van der Waals surface area contributed by atoms with E-state index in [-0.39, 0.29) is 16.8 Å². The van der Waals surface area contributed by atoms with Crippen molar-refractivity contribution in [2.75, 3.05) is 0 Å². The van der Waals surface area contributed by atoms with Crippen LogP contribution in [0, 0.1) is 0 Å². The molecule has 0 aliphatic heterocycles. The molecule has 0 saturated carbocycles. The van der Waals surface area contributed by atoms with Gasteiger partial charge in [-0.1, -0.05) is 19.1 Å². The van der Waals surface area contributed by atoms with Crippen molar-refractivity contribution in [2.24, 2.45) is 0 Å². The molecular formula is C14H20ClNO3S. The Balaban J connectivity index is 2.48. The number of nitrogens with one attached hydrogen (secondary N) is 1. The molecule has 0 aliphatic carbocycles. The van der Waals surface area contributed by atoms with Crippen molar-refractivity contribution in [3.8, 4) is 0 Å². The average molecular weight is 318 g/mol. The van der Waals surface area contributed by atoms with Crippen molar-refractivity contribution in [1.29, 1.82) is 0 Å². The van der Waals surface area contributed by atoms with E-state index >= 15 is 0 Å². The minimum atomic E-state index is -3.66. The lowest BCUT2D eigenvalue weighted by atomic mass is 10.1. The molecule has 0 saturated heterocycles. The first-order valence-corrected chi connectivity index (χ1v) is 8.97. The highest BCUT2D eigenvalue weighted by molar-refractivity contribution is 8.13. The van der Waals surface area contributed by atoms with Gasteiger partial charge in [-0.3, -0.25) is 4.79 Å². The first-order chi connectivity index (χ1) is 9.32. The van der Waals surface area contributed by atoms with Crippen LogP contribution >= 0.6 is 10.7 Å². The van der Waals surface area contributed by atoms with Gasteiger partial charge in [0.15, 0.2) is 0 Å². The van der Waals surface area contributed by atoms with Gasteiger partial charge in [0.05, 0.1) is 4.90 Å². The van der Waals surface area contributed by atoms with E-state index in [0.717, 1.165) is 24.8 Å². The second-order valence-corrected chi connectivity index (χ2v) is 7.40. The van der Waals surface area contributed by atoms with Crippen LogP contribution in [0.2, 0.25) is 0 Å². The molecule has 1 aromatic carbocycles. The Morgan fingerprint density at radius 3 is 2.40 bits per heavy atom. The van der Waals surface area contributed by atoms with E-state index in [4.69, 9.17) is 10.7 Å². The monoisotopic (exact) mass is 317 g/mol. The fourth-order valence-electron chi connectivity index (χ4n) is 1.85. The topological polar surface area (TPSA) is 63.2 Å². The molecule has 4 nitrogen and oxygen atoms in total. The van der Waals surface area contributed by atoms with Crippen LogP contribution < -0.4 is 5.32 Å². The van der Waals surface area contributed by atoms with Crippen LogP contribution in [-0.2, 0) is 20.3 Å². The summed E-state index contributed by atoms with van der Waals surface area (Å²) in [5, 5.41) is 2.93. The molecule has 0 aliphatic rings. The van der Waals surface area contributed by atoms with E-state index in [9.17, 15) is 13.2 Å². The molecule has 0 spiro atoms. The number of hydrogen-bond acceptors (Lipinski definition) is 3. The second-order valence-electron chi connectivity index (χ2n) is 4.84. The minimum absolute atomic E-state index is 0.0728. The Kier molecular flexibility index (Phi) is 6.49. The molecule has 0 heterocycles. The lowest BCUT2D eigenvalue weighted by Crippen LogP contribution is -2.32. The maximum absolute atomic E-state index is 11.4. The number of amides is 1. The van der Waals surface area contributed by atoms with Gasteiger partial charge in [0.2, 0.25) is 5.91 Å². The van der Waals surface area contributed by atoms with Crippen LogP contribution in [0.25, 0.3) is 0 Å². The summed E-state index contributed by atoms with van der Waals surface area (Å²) in [4.78, 5) is 11.5. The molecule has 0 bridgehead atoms. The summed E-state index contributed by atoms with van der Waals surface area (Å²) in [6.45, 7) is 3.93. The predicted octanol–water partition coefficient (Wildman–Crippen LogP) is 2.85. The zero-order chi connectivity index (χ0) is 15.2. The fraction of sp³-hybridized carbons (Fsp3) is 0.500. The van der Waals surface area contributed by atoms with Gasteiger partial charge in [-0.05, 0) is 43.9 Å². The Morgan fingerprint density at radius 2 is 1.90 bits per heavy atom. The number of carbonyl (C=O) groups is 1. The van der Waals surface area contributed by atoms with Crippen LogP contribution in [0.5, 0.6) is 0 Å². The molecular weight excluding hydrogens is 298 g/mol. The summed E-state index contributed by atoms with van der Waals surface area (Å²) in [6, 6.07) is 6.59. The molecule has 1 rings (SSSR count). The summed E-state index contributed by atoms with van der Waals surface area (Å²) < 4.78 is 22.2. The van der Waals surface area contributed by atoms with Crippen molar-refractivity contribution in [1.82, 2.24) is 5.32 Å². The molecule has 112 valence electrons. The molecule has 1 unspecified atom stereocenters. The quantitative estimate of drug-likeness (QED) is 0.786. The summed E-state index contributed by atoms with van der Waals surface area (Å²) in [5.41, 5.74) is 1.02. The molecule has 1 N–H and O–H groups in total. The largest absolute Gasteiger partial charge is 0.354 e. The van der Waals surface area contributed by atoms with Crippen LogP contribution in [0.3, 0.4) is 0 Å². The number of aryl methyl sites for hydroxylation is 1. The van der Waals surface area contributed by atoms with Crippen LogP contribution in [-0.4, -0.2) is 20.4 Å². The van der Waals surface area contributed by atoms with E-state index in [1.54, 1.807) is 12.1 Å². The first kappa shape index (κ1) is 17.0. The molecule has 1 amide bonds. The summed E-state index contributed by atoms with van der Waals surface area (Å²) >= 11 is 0. The third-order valence-corrected chi connectivity index (χ3v) is 4.33. The van der Waals surface area contributed by atoms with Gasteiger partial charge >= 0.3 is 0 Å². The average Bonchev–Trinajstić information content (AvgIpc) is 2.36. The third-order valence-electron chi connectivity index (χ3n) is 2.96. The maximum Gasteiger partial charge on any atom is 0.261 e. The van der Waals surface area contributed by atoms with E-state index in [2.05, 4.69) is 5.32 Å². The van der Waals surface area contributed by atoms with Crippen molar-refractivity contribution < 1.29 is 13.2 Å². The van der Waals surface area contributed by atoms with E-state index in [0.29, 0.717) is 6.42 Å². The van der Waals surface area contributed by atoms with Crippen molar-refractivity contribution in [3.63, 3.8) is 0 Å². The van der Waals surface area contributed by atoms with Crippen LogP contribution in [0.15, 0.2) is 29.2 Å². The molecule has 20 heavy (non-hydrogen) atoms. The summed E-state index contributed by atoms with van der Waals surface area (Å²) in [5.74, 6) is 0.0728. The SMILES string of the molecule is CCCC(=O)NC(C)CCc1ccc(S(=O)(=O)Cl)cc1. The third kappa shape index (κ3) is 5.92. The van der Waals surface area contributed by atoms with Crippen LogP contribution in [0.4, 0.5) is 0 Å². The Labute approximate surface area is 124 Å². The van der Waals surface area contributed by atoms with Crippen molar-refractivity contribution in [3.05, 3.63) is 29.8 Å². The fourth-order valence-corrected chi connectivity index (χ4v) is 2.62. The van der Waals surface area contributed by atoms with Crippen LogP contribution in [0.1, 0.15) is 38.7 Å².